The number of anilines is 1. The lowest BCUT2D eigenvalue weighted by atomic mass is 10.1. The summed E-state index contributed by atoms with van der Waals surface area (Å²) in [6.07, 6.45) is 0. The lowest BCUT2D eigenvalue weighted by molar-refractivity contribution is -0.119. The van der Waals surface area contributed by atoms with Crippen molar-refractivity contribution in [1.29, 1.82) is 0 Å². The van der Waals surface area contributed by atoms with Crippen LogP contribution in [0.2, 0.25) is 0 Å². The fourth-order valence-electron chi connectivity index (χ4n) is 1.96. The SMILES string of the molecule is CCOc1ccc(NCC(=O)N/N=C(/C)c2ccc(Br)cc2)cc1. The molecule has 2 aromatic carbocycles. The third-order valence-corrected chi connectivity index (χ3v) is 3.76. The molecule has 2 N–H and O–H groups in total. The first kappa shape index (κ1) is 18.0. The van der Waals surface area contributed by atoms with E-state index in [1.54, 1.807) is 0 Å². The van der Waals surface area contributed by atoms with Crippen LogP contribution in [0, 0.1) is 0 Å². The Bertz CT molecular complexity index is 697. The van der Waals surface area contributed by atoms with E-state index in [2.05, 4.69) is 31.8 Å². The molecule has 0 unspecified atom stereocenters. The molecule has 0 fully saturated rings. The smallest absolute Gasteiger partial charge is 0.259 e. The fraction of sp³-hybridized carbons (Fsp3) is 0.222. The van der Waals surface area contributed by atoms with Gasteiger partial charge in [-0.3, -0.25) is 4.79 Å². The van der Waals surface area contributed by atoms with Crippen molar-refractivity contribution in [2.24, 2.45) is 5.10 Å². The molecular formula is C18H20BrN3O2. The molecule has 0 radical (unpaired) electrons. The standard InChI is InChI=1S/C18H20BrN3O2/c1-3-24-17-10-8-16(9-11-17)20-12-18(23)22-21-13(2)14-4-6-15(19)7-5-14/h4-11,20H,3,12H2,1-2H3,(H,22,23)/b21-13-. The summed E-state index contributed by atoms with van der Waals surface area (Å²) in [6.45, 7) is 4.56. The van der Waals surface area contributed by atoms with Crippen LogP contribution >= 0.6 is 15.9 Å². The van der Waals surface area contributed by atoms with Gasteiger partial charge < -0.3 is 10.1 Å². The molecule has 0 saturated carbocycles. The summed E-state index contributed by atoms with van der Waals surface area (Å²) in [5.74, 6) is 0.600. The Morgan fingerprint density at radius 3 is 2.42 bits per heavy atom. The Morgan fingerprint density at radius 1 is 1.12 bits per heavy atom. The number of nitrogens with zero attached hydrogens (tertiary/aromatic N) is 1. The third-order valence-electron chi connectivity index (χ3n) is 3.23. The topological polar surface area (TPSA) is 62.7 Å². The van der Waals surface area contributed by atoms with Gasteiger partial charge in [-0.05, 0) is 55.8 Å². The van der Waals surface area contributed by atoms with E-state index < -0.39 is 0 Å². The number of carbonyl (C=O) groups excluding carboxylic acids is 1. The number of amides is 1. The number of nitrogens with one attached hydrogen (secondary N) is 2. The summed E-state index contributed by atoms with van der Waals surface area (Å²) >= 11 is 3.39. The van der Waals surface area contributed by atoms with Gasteiger partial charge in [-0.25, -0.2) is 5.43 Å². The molecule has 126 valence electrons. The van der Waals surface area contributed by atoms with Crippen LogP contribution in [-0.2, 0) is 4.79 Å². The van der Waals surface area contributed by atoms with E-state index in [1.807, 2.05) is 62.4 Å². The summed E-state index contributed by atoms with van der Waals surface area (Å²) < 4.78 is 6.38. The fourth-order valence-corrected chi connectivity index (χ4v) is 2.22. The minimum atomic E-state index is -0.208. The molecule has 2 aromatic rings. The quantitative estimate of drug-likeness (QED) is 0.559. The van der Waals surface area contributed by atoms with Crippen LogP contribution in [0.5, 0.6) is 5.75 Å². The molecule has 0 spiro atoms. The highest BCUT2D eigenvalue weighted by atomic mass is 79.9. The predicted molar refractivity (Wildman–Crippen MR) is 101 cm³/mol. The van der Waals surface area contributed by atoms with Gasteiger partial charge in [0.1, 0.15) is 5.75 Å². The number of hydrogen-bond donors (Lipinski definition) is 2. The van der Waals surface area contributed by atoms with E-state index in [-0.39, 0.29) is 12.5 Å². The molecule has 0 heterocycles. The lowest BCUT2D eigenvalue weighted by Crippen LogP contribution is -2.26. The molecule has 6 heteroatoms. The predicted octanol–water partition coefficient (Wildman–Crippen LogP) is 3.80. The van der Waals surface area contributed by atoms with Crippen molar-refractivity contribution in [2.75, 3.05) is 18.5 Å². The summed E-state index contributed by atoms with van der Waals surface area (Å²) in [7, 11) is 0. The highest BCUT2D eigenvalue weighted by Gasteiger charge is 2.02. The zero-order chi connectivity index (χ0) is 17.4. The van der Waals surface area contributed by atoms with Crippen molar-refractivity contribution < 1.29 is 9.53 Å². The van der Waals surface area contributed by atoms with Crippen LogP contribution in [0.25, 0.3) is 0 Å². The highest BCUT2D eigenvalue weighted by molar-refractivity contribution is 9.10. The average molecular weight is 390 g/mol. The molecule has 0 aromatic heterocycles. The summed E-state index contributed by atoms with van der Waals surface area (Å²) in [6, 6.07) is 15.2. The number of halogens is 1. The van der Waals surface area contributed by atoms with Crippen molar-refractivity contribution in [3.63, 3.8) is 0 Å². The maximum absolute atomic E-state index is 11.9. The van der Waals surface area contributed by atoms with Gasteiger partial charge in [0.25, 0.3) is 5.91 Å². The van der Waals surface area contributed by atoms with E-state index in [9.17, 15) is 4.79 Å². The first-order valence-corrected chi connectivity index (χ1v) is 8.43. The second kappa shape index (κ2) is 9.08. The van der Waals surface area contributed by atoms with Crippen molar-refractivity contribution in [3.05, 3.63) is 58.6 Å². The van der Waals surface area contributed by atoms with Gasteiger partial charge in [-0.2, -0.15) is 5.10 Å². The van der Waals surface area contributed by atoms with Crippen LogP contribution in [0.4, 0.5) is 5.69 Å². The lowest BCUT2D eigenvalue weighted by Gasteiger charge is -2.07. The zero-order valence-electron chi connectivity index (χ0n) is 13.7. The van der Waals surface area contributed by atoms with Gasteiger partial charge in [-0.15, -0.1) is 0 Å². The number of hydrogen-bond acceptors (Lipinski definition) is 4. The molecule has 0 aliphatic carbocycles. The van der Waals surface area contributed by atoms with Crippen molar-refractivity contribution in [3.8, 4) is 5.75 Å². The van der Waals surface area contributed by atoms with Crippen LogP contribution in [0.3, 0.4) is 0 Å². The van der Waals surface area contributed by atoms with Gasteiger partial charge in [0.05, 0.1) is 18.9 Å². The second-order valence-electron chi connectivity index (χ2n) is 5.05. The van der Waals surface area contributed by atoms with Gasteiger partial charge in [0.15, 0.2) is 0 Å². The highest BCUT2D eigenvalue weighted by Crippen LogP contribution is 2.15. The molecule has 0 aliphatic heterocycles. The molecule has 1 amide bonds. The third kappa shape index (κ3) is 5.70. The number of ether oxygens (including phenoxy) is 1. The Balaban J connectivity index is 1.82. The van der Waals surface area contributed by atoms with Crippen molar-refractivity contribution in [2.45, 2.75) is 13.8 Å². The van der Waals surface area contributed by atoms with E-state index in [4.69, 9.17) is 4.74 Å². The summed E-state index contributed by atoms with van der Waals surface area (Å²) in [5, 5.41) is 7.16. The number of hydrazone groups is 1. The van der Waals surface area contributed by atoms with Crippen molar-refractivity contribution in [1.82, 2.24) is 5.43 Å². The molecule has 0 bridgehead atoms. The number of benzene rings is 2. The van der Waals surface area contributed by atoms with E-state index >= 15 is 0 Å². The van der Waals surface area contributed by atoms with Crippen LogP contribution < -0.4 is 15.5 Å². The molecule has 0 atom stereocenters. The Kier molecular flexibility index (Phi) is 6.81. The van der Waals surface area contributed by atoms with Crippen LogP contribution in [0.15, 0.2) is 58.1 Å². The Hall–Kier alpha value is -2.34. The van der Waals surface area contributed by atoms with Crippen LogP contribution in [0.1, 0.15) is 19.4 Å². The van der Waals surface area contributed by atoms with Crippen LogP contribution in [-0.4, -0.2) is 24.8 Å². The molecule has 24 heavy (non-hydrogen) atoms. The Morgan fingerprint density at radius 2 is 1.79 bits per heavy atom. The van der Waals surface area contributed by atoms with E-state index in [0.717, 1.165) is 27.2 Å². The average Bonchev–Trinajstić information content (AvgIpc) is 2.60. The number of carbonyl (C=O) groups is 1. The molecule has 0 saturated heterocycles. The first-order chi connectivity index (χ1) is 11.6. The van der Waals surface area contributed by atoms with E-state index in [1.165, 1.54) is 0 Å². The van der Waals surface area contributed by atoms with Gasteiger partial charge in [0.2, 0.25) is 0 Å². The first-order valence-electron chi connectivity index (χ1n) is 7.64. The zero-order valence-corrected chi connectivity index (χ0v) is 15.3. The maximum Gasteiger partial charge on any atom is 0.259 e. The van der Waals surface area contributed by atoms with E-state index in [0.29, 0.717) is 6.61 Å². The van der Waals surface area contributed by atoms with Gasteiger partial charge >= 0.3 is 0 Å². The second-order valence-corrected chi connectivity index (χ2v) is 5.97. The summed E-state index contributed by atoms with van der Waals surface area (Å²) in [5.41, 5.74) is 5.10. The molecule has 2 rings (SSSR count). The minimum absolute atomic E-state index is 0.144. The summed E-state index contributed by atoms with van der Waals surface area (Å²) in [4.78, 5) is 11.9. The normalized spacial score (nSPS) is 11.0. The number of rotatable bonds is 7. The molecule has 0 aliphatic rings. The minimum Gasteiger partial charge on any atom is -0.494 e. The monoisotopic (exact) mass is 389 g/mol. The maximum atomic E-state index is 11.9. The molecular weight excluding hydrogens is 370 g/mol. The van der Waals surface area contributed by atoms with Gasteiger partial charge in [0, 0.05) is 10.2 Å². The van der Waals surface area contributed by atoms with Crippen molar-refractivity contribution >= 4 is 33.2 Å². The molecule has 5 nitrogen and oxygen atoms in total. The van der Waals surface area contributed by atoms with Gasteiger partial charge in [-0.1, -0.05) is 28.1 Å². The Labute approximate surface area is 150 Å². The largest absolute Gasteiger partial charge is 0.494 e.